The number of aromatic nitrogens is 1. The summed E-state index contributed by atoms with van der Waals surface area (Å²) in [5.41, 5.74) is 3.06. The number of aromatic hydroxyl groups is 1. The minimum Gasteiger partial charge on any atom is -0.504 e. The average Bonchev–Trinajstić information content (AvgIpc) is 3.45. The Bertz CT molecular complexity index is 1130. The molecule has 2 aromatic rings. The van der Waals surface area contributed by atoms with E-state index in [1.807, 2.05) is 35.4 Å². The largest absolute Gasteiger partial charge is 0.504 e. The smallest absolute Gasteiger partial charge is 0.411 e. The highest BCUT2D eigenvalue weighted by Gasteiger charge is 2.60. The molecule has 6 rings (SSSR count). The molecule has 178 valence electrons. The van der Waals surface area contributed by atoms with E-state index in [9.17, 15) is 9.90 Å². The zero-order valence-corrected chi connectivity index (χ0v) is 19.8. The molecule has 6 nitrogen and oxygen atoms in total. The maximum atomic E-state index is 13.4. The van der Waals surface area contributed by atoms with Crippen molar-refractivity contribution in [2.24, 2.45) is 11.8 Å². The molecule has 2 aliphatic heterocycles. The number of likely N-dealkylation sites (tertiary alicyclic amines) is 1. The SMILES string of the molecule is CCC[C@@H]1Cc2ccc(O)c3c2[C@]2(C)[C@H]1C=C[C@H](OC(=O)N1CCC[C@H]1c1cccnc1)[C@@H]2O3. The number of amides is 1. The Balaban J connectivity index is 1.31. The molecule has 1 N–H and O–H groups in total. The Labute approximate surface area is 200 Å². The van der Waals surface area contributed by atoms with Crippen molar-refractivity contribution in [3.8, 4) is 11.5 Å². The van der Waals surface area contributed by atoms with E-state index < -0.39 is 6.10 Å². The maximum Gasteiger partial charge on any atom is 0.411 e. The van der Waals surface area contributed by atoms with E-state index in [0.29, 0.717) is 18.2 Å². The van der Waals surface area contributed by atoms with Gasteiger partial charge >= 0.3 is 6.09 Å². The molecular formula is C28H32N2O4. The molecule has 0 spiro atoms. The summed E-state index contributed by atoms with van der Waals surface area (Å²) in [6, 6.07) is 7.71. The first-order chi connectivity index (χ1) is 16.5. The van der Waals surface area contributed by atoms with Gasteiger partial charge in [-0.15, -0.1) is 0 Å². The van der Waals surface area contributed by atoms with E-state index in [2.05, 4.69) is 24.9 Å². The van der Waals surface area contributed by atoms with Crippen LogP contribution in [0, 0.1) is 11.8 Å². The first-order valence-electron chi connectivity index (χ1n) is 12.6. The van der Waals surface area contributed by atoms with Crippen molar-refractivity contribution in [1.82, 2.24) is 9.88 Å². The van der Waals surface area contributed by atoms with Crippen molar-refractivity contribution in [1.29, 1.82) is 0 Å². The minimum atomic E-state index is -0.510. The third kappa shape index (κ3) is 3.07. The summed E-state index contributed by atoms with van der Waals surface area (Å²) in [5.74, 6) is 1.54. The van der Waals surface area contributed by atoms with Gasteiger partial charge in [-0.25, -0.2) is 4.79 Å². The number of carbonyl (C=O) groups excluding carboxylic acids is 1. The summed E-state index contributed by atoms with van der Waals surface area (Å²) in [6.45, 7) is 5.14. The number of hydrogen-bond acceptors (Lipinski definition) is 5. The molecule has 1 fully saturated rings. The maximum absolute atomic E-state index is 13.4. The third-order valence-corrected chi connectivity index (χ3v) is 8.54. The molecule has 0 saturated carbocycles. The molecule has 1 amide bonds. The molecule has 4 aliphatic rings. The van der Waals surface area contributed by atoms with Gasteiger partial charge in [-0.2, -0.15) is 0 Å². The quantitative estimate of drug-likeness (QED) is 0.627. The van der Waals surface area contributed by atoms with Crippen LogP contribution in [0.5, 0.6) is 11.5 Å². The van der Waals surface area contributed by atoms with E-state index in [1.54, 1.807) is 12.3 Å². The highest BCUT2D eigenvalue weighted by Crippen LogP contribution is 2.60. The van der Waals surface area contributed by atoms with Gasteiger partial charge in [0.2, 0.25) is 0 Å². The summed E-state index contributed by atoms with van der Waals surface area (Å²) < 4.78 is 12.6. The number of phenolic OH excluding ortho intramolecular Hbond substituents is 1. The highest BCUT2D eigenvalue weighted by atomic mass is 16.6. The fourth-order valence-corrected chi connectivity index (χ4v) is 7.08. The lowest BCUT2D eigenvalue weighted by Gasteiger charge is -2.49. The molecule has 1 aromatic carbocycles. The Morgan fingerprint density at radius 3 is 3.00 bits per heavy atom. The van der Waals surface area contributed by atoms with Crippen LogP contribution in [0.4, 0.5) is 4.79 Å². The number of benzene rings is 1. The van der Waals surface area contributed by atoms with Crippen LogP contribution in [0.2, 0.25) is 0 Å². The number of carbonyl (C=O) groups is 1. The van der Waals surface area contributed by atoms with Gasteiger partial charge in [-0.05, 0) is 66.9 Å². The number of pyridine rings is 1. The molecular weight excluding hydrogens is 428 g/mol. The third-order valence-electron chi connectivity index (χ3n) is 8.54. The van der Waals surface area contributed by atoms with Crippen molar-refractivity contribution in [2.45, 2.75) is 69.6 Å². The van der Waals surface area contributed by atoms with Crippen LogP contribution in [0.3, 0.4) is 0 Å². The number of rotatable bonds is 4. The lowest BCUT2D eigenvalue weighted by atomic mass is 9.55. The second-order valence-corrected chi connectivity index (χ2v) is 10.4. The topological polar surface area (TPSA) is 71.9 Å². The standard InChI is InChI=1S/C28H32N2O4/c1-3-6-17-15-18-9-11-22(31)25-24(18)28(2)20(17)10-12-23(26(28)34-25)33-27(32)30-14-5-8-21(30)19-7-4-13-29-16-19/h4,7,9-13,16-17,20-21,23,26,31H,3,5-6,8,14-15H2,1-2H3/t17-,20+,21+,23+,26+,28+/m1/s1. The van der Waals surface area contributed by atoms with E-state index in [4.69, 9.17) is 9.47 Å². The predicted molar refractivity (Wildman–Crippen MR) is 128 cm³/mol. The summed E-state index contributed by atoms with van der Waals surface area (Å²) in [7, 11) is 0. The van der Waals surface area contributed by atoms with Crippen molar-refractivity contribution in [3.05, 3.63) is 65.5 Å². The zero-order chi connectivity index (χ0) is 23.4. The van der Waals surface area contributed by atoms with Crippen LogP contribution >= 0.6 is 0 Å². The van der Waals surface area contributed by atoms with Crippen LogP contribution in [-0.4, -0.2) is 39.8 Å². The average molecular weight is 461 g/mol. The summed E-state index contributed by atoms with van der Waals surface area (Å²) >= 11 is 0. The molecule has 0 unspecified atom stereocenters. The van der Waals surface area contributed by atoms with E-state index in [1.165, 1.54) is 5.56 Å². The monoisotopic (exact) mass is 460 g/mol. The number of ether oxygens (including phenoxy) is 2. The molecule has 2 aliphatic carbocycles. The molecule has 3 heterocycles. The number of hydrogen-bond donors (Lipinski definition) is 1. The predicted octanol–water partition coefficient (Wildman–Crippen LogP) is 5.31. The number of allylic oxidation sites excluding steroid dienone is 1. The van der Waals surface area contributed by atoms with Gasteiger partial charge in [-0.3, -0.25) is 4.98 Å². The number of nitrogens with zero attached hydrogens (tertiary/aromatic N) is 2. The van der Waals surface area contributed by atoms with Crippen molar-refractivity contribution in [2.75, 3.05) is 6.54 Å². The van der Waals surface area contributed by atoms with Gasteiger partial charge in [0, 0.05) is 29.9 Å². The van der Waals surface area contributed by atoms with Crippen LogP contribution in [-0.2, 0) is 16.6 Å². The fraction of sp³-hybridized carbons (Fsp3) is 0.500. The van der Waals surface area contributed by atoms with E-state index in [0.717, 1.165) is 43.2 Å². The van der Waals surface area contributed by atoms with Gasteiger partial charge in [0.15, 0.2) is 17.6 Å². The van der Waals surface area contributed by atoms with Gasteiger partial charge in [0.1, 0.15) is 6.10 Å². The summed E-state index contributed by atoms with van der Waals surface area (Å²) in [5, 5.41) is 10.6. The van der Waals surface area contributed by atoms with Crippen molar-refractivity contribution in [3.63, 3.8) is 0 Å². The Kier molecular flexibility index (Phi) is 5.08. The van der Waals surface area contributed by atoms with Crippen LogP contribution < -0.4 is 4.74 Å². The second kappa shape index (κ2) is 8.03. The normalized spacial score (nSPS) is 32.9. The van der Waals surface area contributed by atoms with Gasteiger partial charge in [-0.1, -0.05) is 38.5 Å². The van der Waals surface area contributed by atoms with Crippen LogP contribution in [0.15, 0.2) is 48.8 Å². The summed E-state index contributed by atoms with van der Waals surface area (Å²) in [6.07, 6.45) is 11.8. The van der Waals surface area contributed by atoms with E-state index >= 15 is 0 Å². The Morgan fingerprint density at radius 1 is 1.32 bits per heavy atom. The minimum absolute atomic E-state index is 0.0157. The molecule has 0 bridgehead atoms. The first kappa shape index (κ1) is 21.5. The molecule has 34 heavy (non-hydrogen) atoms. The molecule has 1 saturated heterocycles. The van der Waals surface area contributed by atoms with Gasteiger partial charge in [0.05, 0.1) is 6.04 Å². The lowest BCUT2D eigenvalue weighted by molar-refractivity contribution is -0.0227. The van der Waals surface area contributed by atoms with Gasteiger partial charge in [0.25, 0.3) is 0 Å². The fourth-order valence-electron chi connectivity index (χ4n) is 7.08. The van der Waals surface area contributed by atoms with Crippen molar-refractivity contribution < 1.29 is 19.4 Å². The van der Waals surface area contributed by atoms with Gasteiger partial charge < -0.3 is 19.5 Å². The van der Waals surface area contributed by atoms with Crippen LogP contribution in [0.1, 0.15) is 62.3 Å². The molecule has 1 aromatic heterocycles. The summed E-state index contributed by atoms with van der Waals surface area (Å²) in [4.78, 5) is 19.5. The number of phenols is 1. The molecule has 6 heteroatoms. The highest BCUT2D eigenvalue weighted by molar-refractivity contribution is 5.70. The van der Waals surface area contributed by atoms with E-state index in [-0.39, 0.29) is 35.3 Å². The Morgan fingerprint density at radius 2 is 2.21 bits per heavy atom. The Hall–Kier alpha value is -3.02. The van der Waals surface area contributed by atoms with Crippen LogP contribution in [0.25, 0.3) is 0 Å². The molecule has 6 atom stereocenters. The second-order valence-electron chi connectivity index (χ2n) is 10.4. The lowest BCUT2D eigenvalue weighted by Crippen LogP contribution is -2.56. The first-order valence-corrected chi connectivity index (χ1v) is 12.6. The van der Waals surface area contributed by atoms with Crippen molar-refractivity contribution >= 4 is 6.09 Å². The zero-order valence-electron chi connectivity index (χ0n) is 19.8. The molecule has 0 radical (unpaired) electrons.